The number of thiophene rings is 1. The fourth-order valence-electron chi connectivity index (χ4n) is 3.94. The van der Waals surface area contributed by atoms with Crippen molar-refractivity contribution < 1.29 is 14.3 Å². The number of nitrogens with zero attached hydrogens (tertiary/aromatic N) is 1. The predicted molar refractivity (Wildman–Crippen MR) is 102 cm³/mol. The van der Waals surface area contributed by atoms with E-state index in [9.17, 15) is 9.59 Å². The molecule has 0 unspecified atom stereocenters. The molecule has 1 aromatic heterocycles. The van der Waals surface area contributed by atoms with E-state index in [0.717, 1.165) is 37.1 Å². The number of fused-ring (bicyclic) bond motifs is 1. The van der Waals surface area contributed by atoms with Gasteiger partial charge in [-0.05, 0) is 53.8 Å². The van der Waals surface area contributed by atoms with Gasteiger partial charge in [-0.25, -0.2) is 4.79 Å². The molecule has 1 aromatic carbocycles. The van der Waals surface area contributed by atoms with Crippen molar-refractivity contribution in [2.24, 2.45) is 11.8 Å². The van der Waals surface area contributed by atoms with Gasteiger partial charge in [0.1, 0.15) is 4.88 Å². The molecule has 0 bridgehead atoms. The Bertz CT molecular complexity index is 836. The Morgan fingerprint density at radius 1 is 1.04 bits per heavy atom. The number of likely N-dealkylation sites (tertiary alicyclic amines) is 1. The number of carbonyl (C=O) groups excluding carboxylic acids is 2. The third-order valence-electron chi connectivity index (χ3n) is 5.39. The maximum Gasteiger partial charge on any atom is 0.348 e. The molecule has 2 aromatic rings. The molecular formula is C21H21NO3S. The van der Waals surface area contributed by atoms with Gasteiger partial charge in [0.15, 0.2) is 0 Å². The van der Waals surface area contributed by atoms with Gasteiger partial charge in [0.25, 0.3) is 5.91 Å². The van der Waals surface area contributed by atoms with Crippen LogP contribution in [0, 0.1) is 11.8 Å². The van der Waals surface area contributed by atoms with Crippen LogP contribution in [0.3, 0.4) is 0 Å². The molecule has 0 spiro atoms. The standard InChI is InChI=1S/C21H21NO3S/c1-25-21(24)19-18(10-11-26-19)14-6-8-15(9-7-14)20(23)22-12-16-4-2-3-5-17(16)13-22/h2-3,6-11,16-17H,4-5,12-13H2,1H3/t16-,17+. The van der Waals surface area contributed by atoms with E-state index in [2.05, 4.69) is 12.2 Å². The molecular weight excluding hydrogens is 346 g/mol. The van der Waals surface area contributed by atoms with Gasteiger partial charge >= 0.3 is 5.97 Å². The largest absolute Gasteiger partial charge is 0.465 e. The fourth-order valence-corrected chi connectivity index (χ4v) is 4.78. The van der Waals surface area contributed by atoms with E-state index in [1.165, 1.54) is 18.4 Å². The highest BCUT2D eigenvalue weighted by Crippen LogP contribution is 2.34. The smallest absolute Gasteiger partial charge is 0.348 e. The summed E-state index contributed by atoms with van der Waals surface area (Å²) in [6.07, 6.45) is 6.65. The van der Waals surface area contributed by atoms with E-state index >= 15 is 0 Å². The highest BCUT2D eigenvalue weighted by molar-refractivity contribution is 7.12. The molecule has 1 saturated heterocycles. The zero-order valence-corrected chi connectivity index (χ0v) is 15.5. The van der Waals surface area contributed by atoms with E-state index in [0.29, 0.717) is 22.3 Å². The molecule has 134 valence electrons. The summed E-state index contributed by atoms with van der Waals surface area (Å²) in [6, 6.07) is 9.44. The normalized spacial score (nSPS) is 21.5. The minimum absolute atomic E-state index is 0.101. The molecule has 1 amide bonds. The molecule has 0 N–H and O–H groups in total. The summed E-state index contributed by atoms with van der Waals surface area (Å²) < 4.78 is 4.84. The molecule has 0 saturated carbocycles. The Morgan fingerprint density at radius 2 is 1.69 bits per heavy atom. The third kappa shape index (κ3) is 3.07. The number of hydrogen-bond donors (Lipinski definition) is 0. The van der Waals surface area contributed by atoms with Crippen LogP contribution in [0.5, 0.6) is 0 Å². The van der Waals surface area contributed by atoms with E-state index in [1.807, 2.05) is 40.6 Å². The summed E-state index contributed by atoms with van der Waals surface area (Å²) in [5.74, 6) is 0.987. The van der Waals surface area contributed by atoms with Crippen molar-refractivity contribution in [3.63, 3.8) is 0 Å². The minimum atomic E-state index is -0.330. The molecule has 0 radical (unpaired) electrons. The van der Waals surface area contributed by atoms with Crippen LogP contribution in [-0.4, -0.2) is 37.0 Å². The summed E-state index contributed by atoms with van der Waals surface area (Å²) >= 11 is 1.36. The Kier molecular flexibility index (Phi) is 4.64. The minimum Gasteiger partial charge on any atom is -0.465 e. The summed E-state index contributed by atoms with van der Waals surface area (Å²) in [7, 11) is 1.39. The number of benzene rings is 1. The first-order valence-corrected chi connectivity index (χ1v) is 9.76. The Hall–Kier alpha value is -2.40. The number of esters is 1. The molecule has 1 aliphatic heterocycles. The lowest BCUT2D eigenvalue weighted by Gasteiger charge is -2.17. The molecule has 4 rings (SSSR count). The van der Waals surface area contributed by atoms with Crippen LogP contribution >= 0.6 is 11.3 Å². The number of amides is 1. The van der Waals surface area contributed by atoms with Crippen LogP contribution in [-0.2, 0) is 4.74 Å². The van der Waals surface area contributed by atoms with Crippen molar-refractivity contribution in [2.45, 2.75) is 12.8 Å². The topological polar surface area (TPSA) is 46.6 Å². The average molecular weight is 367 g/mol. The molecule has 26 heavy (non-hydrogen) atoms. The van der Waals surface area contributed by atoms with E-state index in [-0.39, 0.29) is 11.9 Å². The summed E-state index contributed by atoms with van der Waals surface area (Å²) in [4.78, 5) is 27.3. The van der Waals surface area contributed by atoms with E-state index < -0.39 is 0 Å². The molecule has 4 nitrogen and oxygen atoms in total. The zero-order chi connectivity index (χ0) is 18.1. The van der Waals surface area contributed by atoms with Gasteiger partial charge in [-0.1, -0.05) is 24.3 Å². The van der Waals surface area contributed by atoms with Crippen molar-refractivity contribution in [2.75, 3.05) is 20.2 Å². The molecule has 2 heterocycles. The van der Waals surface area contributed by atoms with Crippen LogP contribution in [0.15, 0.2) is 47.9 Å². The highest BCUT2D eigenvalue weighted by Gasteiger charge is 2.35. The lowest BCUT2D eigenvalue weighted by molar-refractivity contribution is 0.0606. The van der Waals surface area contributed by atoms with Crippen molar-refractivity contribution in [1.82, 2.24) is 4.90 Å². The SMILES string of the molecule is COC(=O)c1sccc1-c1ccc(C(=O)N2C[C@H]3CC=CC[C@H]3C2)cc1. The molecule has 5 heteroatoms. The monoisotopic (exact) mass is 367 g/mol. The van der Waals surface area contributed by atoms with Crippen molar-refractivity contribution in [3.05, 3.63) is 58.3 Å². The number of allylic oxidation sites excluding steroid dienone is 2. The van der Waals surface area contributed by atoms with Crippen LogP contribution in [0.4, 0.5) is 0 Å². The second kappa shape index (κ2) is 7.08. The first-order valence-electron chi connectivity index (χ1n) is 8.88. The van der Waals surface area contributed by atoms with Gasteiger partial charge < -0.3 is 9.64 Å². The van der Waals surface area contributed by atoms with Crippen molar-refractivity contribution in [1.29, 1.82) is 0 Å². The predicted octanol–water partition coefficient (Wildman–Crippen LogP) is 4.24. The van der Waals surface area contributed by atoms with E-state index in [1.54, 1.807) is 0 Å². The Balaban J connectivity index is 1.51. The Morgan fingerprint density at radius 3 is 2.31 bits per heavy atom. The number of ether oxygens (including phenoxy) is 1. The van der Waals surface area contributed by atoms with Gasteiger partial charge in [-0.2, -0.15) is 0 Å². The van der Waals surface area contributed by atoms with Gasteiger partial charge in [0.2, 0.25) is 0 Å². The second-order valence-corrected chi connectivity index (χ2v) is 7.82. The molecule has 1 aliphatic carbocycles. The number of methoxy groups -OCH3 is 1. The fraction of sp³-hybridized carbons (Fsp3) is 0.333. The van der Waals surface area contributed by atoms with Crippen LogP contribution < -0.4 is 0 Å². The van der Waals surface area contributed by atoms with Gasteiger partial charge in [-0.15, -0.1) is 11.3 Å². The lowest BCUT2D eigenvalue weighted by Crippen LogP contribution is -2.28. The number of hydrogen-bond acceptors (Lipinski definition) is 4. The summed E-state index contributed by atoms with van der Waals surface area (Å²) in [6.45, 7) is 1.71. The summed E-state index contributed by atoms with van der Waals surface area (Å²) in [5.41, 5.74) is 2.47. The first-order chi connectivity index (χ1) is 12.7. The van der Waals surface area contributed by atoms with Gasteiger partial charge in [0.05, 0.1) is 7.11 Å². The number of carbonyl (C=O) groups is 2. The molecule has 2 atom stereocenters. The lowest BCUT2D eigenvalue weighted by atomic mass is 9.86. The van der Waals surface area contributed by atoms with Gasteiger partial charge in [0, 0.05) is 24.2 Å². The second-order valence-electron chi connectivity index (χ2n) is 6.91. The van der Waals surface area contributed by atoms with Gasteiger partial charge in [-0.3, -0.25) is 4.79 Å². The average Bonchev–Trinajstić information content (AvgIpc) is 3.34. The quantitative estimate of drug-likeness (QED) is 0.602. The molecule has 1 fully saturated rings. The van der Waals surface area contributed by atoms with E-state index in [4.69, 9.17) is 4.74 Å². The maximum absolute atomic E-state index is 12.8. The number of rotatable bonds is 3. The van der Waals surface area contributed by atoms with Crippen molar-refractivity contribution in [3.8, 4) is 11.1 Å². The third-order valence-corrected chi connectivity index (χ3v) is 6.28. The maximum atomic E-state index is 12.8. The van der Waals surface area contributed by atoms with Crippen LogP contribution in [0.1, 0.15) is 32.9 Å². The molecule has 2 aliphatic rings. The Labute approximate surface area is 157 Å². The van der Waals surface area contributed by atoms with Crippen LogP contribution in [0.2, 0.25) is 0 Å². The van der Waals surface area contributed by atoms with Crippen LogP contribution in [0.25, 0.3) is 11.1 Å². The first kappa shape index (κ1) is 17.0. The zero-order valence-electron chi connectivity index (χ0n) is 14.7. The highest BCUT2D eigenvalue weighted by atomic mass is 32.1. The van der Waals surface area contributed by atoms with Crippen molar-refractivity contribution >= 4 is 23.2 Å². The summed E-state index contributed by atoms with van der Waals surface area (Å²) in [5, 5.41) is 1.88.